The van der Waals surface area contributed by atoms with Crippen LogP contribution < -0.4 is 4.90 Å². The van der Waals surface area contributed by atoms with Gasteiger partial charge in [-0.2, -0.15) is 4.31 Å². The number of aromatic nitrogens is 1. The fraction of sp³-hybridized carbons (Fsp3) is 0.481. The maximum Gasteiger partial charge on any atom is 0.247 e. The monoisotopic (exact) mass is 528 g/mol. The van der Waals surface area contributed by atoms with Crippen molar-refractivity contribution in [2.75, 3.05) is 37.6 Å². The molecular formula is C27H36N4O3S2. The maximum atomic E-state index is 14.0. The second kappa shape index (κ2) is 11.4. The van der Waals surface area contributed by atoms with Gasteiger partial charge in [0.1, 0.15) is 6.04 Å². The molecule has 1 fully saturated rings. The molecule has 1 amide bonds. The van der Waals surface area contributed by atoms with Gasteiger partial charge < -0.3 is 4.90 Å². The molecule has 7 nitrogen and oxygen atoms in total. The van der Waals surface area contributed by atoms with Crippen LogP contribution in [-0.2, 0) is 21.2 Å². The Hall–Kier alpha value is -2.33. The maximum absolute atomic E-state index is 14.0. The van der Waals surface area contributed by atoms with Gasteiger partial charge in [0.15, 0.2) is 5.13 Å². The molecule has 1 aliphatic rings. The van der Waals surface area contributed by atoms with E-state index >= 15 is 0 Å². The summed E-state index contributed by atoms with van der Waals surface area (Å²) in [5.41, 5.74) is 3.08. The number of hydrogen-bond acceptors (Lipinski definition) is 6. The van der Waals surface area contributed by atoms with Crippen molar-refractivity contribution >= 4 is 42.6 Å². The summed E-state index contributed by atoms with van der Waals surface area (Å²) in [4.78, 5) is 23.1. The number of amides is 1. The Balaban J connectivity index is 1.67. The number of carbonyl (C=O) groups is 1. The molecular weight excluding hydrogens is 492 g/mol. The molecule has 2 heterocycles. The number of aryl methyl sites for hydroxylation is 2. The summed E-state index contributed by atoms with van der Waals surface area (Å²) in [6.45, 7) is 11.5. The van der Waals surface area contributed by atoms with Crippen LogP contribution in [0.15, 0.2) is 47.4 Å². The number of nitrogens with zero attached hydrogens (tertiary/aromatic N) is 4. The summed E-state index contributed by atoms with van der Waals surface area (Å²) in [5.74, 6) is -0.190. The number of carbonyl (C=O) groups excluding carboxylic acids is 1. The van der Waals surface area contributed by atoms with Crippen LogP contribution in [0.1, 0.15) is 44.7 Å². The van der Waals surface area contributed by atoms with E-state index in [1.807, 2.05) is 13.0 Å². The zero-order valence-electron chi connectivity index (χ0n) is 21.6. The minimum Gasteiger partial charge on any atom is -0.302 e. The highest BCUT2D eigenvalue weighted by molar-refractivity contribution is 7.89. The summed E-state index contributed by atoms with van der Waals surface area (Å²) in [6.07, 6.45) is 2.10. The predicted octanol–water partition coefficient (Wildman–Crippen LogP) is 4.70. The van der Waals surface area contributed by atoms with Crippen LogP contribution in [0.2, 0.25) is 0 Å². The third kappa shape index (κ3) is 5.49. The van der Waals surface area contributed by atoms with Gasteiger partial charge >= 0.3 is 0 Å². The third-order valence-electron chi connectivity index (χ3n) is 7.00. The fourth-order valence-corrected chi connectivity index (χ4v) is 7.39. The Morgan fingerprint density at radius 3 is 2.47 bits per heavy atom. The van der Waals surface area contributed by atoms with Gasteiger partial charge in [-0.3, -0.25) is 9.69 Å². The molecule has 0 bridgehead atoms. The Kier molecular flexibility index (Phi) is 8.44. The van der Waals surface area contributed by atoms with E-state index in [0.29, 0.717) is 37.6 Å². The molecule has 3 aromatic rings. The highest BCUT2D eigenvalue weighted by atomic mass is 32.2. The van der Waals surface area contributed by atoms with Gasteiger partial charge in [-0.05, 0) is 69.1 Å². The Bertz CT molecular complexity index is 1300. The lowest BCUT2D eigenvalue weighted by molar-refractivity contribution is -0.121. The van der Waals surface area contributed by atoms with E-state index in [1.54, 1.807) is 29.2 Å². The van der Waals surface area contributed by atoms with Crippen molar-refractivity contribution in [1.29, 1.82) is 0 Å². The number of likely N-dealkylation sites (N-methyl/N-ethyl adjacent to an activating group) is 1. The molecule has 36 heavy (non-hydrogen) atoms. The fourth-order valence-electron chi connectivity index (χ4n) is 4.67. The Morgan fingerprint density at radius 1 is 1.08 bits per heavy atom. The Labute approximate surface area is 218 Å². The van der Waals surface area contributed by atoms with Crippen LogP contribution in [0, 0.1) is 6.92 Å². The van der Waals surface area contributed by atoms with Crippen LogP contribution in [-0.4, -0.2) is 67.3 Å². The number of rotatable bonds is 10. The summed E-state index contributed by atoms with van der Waals surface area (Å²) in [7, 11) is -3.78. The van der Waals surface area contributed by atoms with E-state index in [4.69, 9.17) is 4.98 Å². The largest absolute Gasteiger partial charge is 0.302 e. The molecule has 2 aromatic carbocycles. The van der Waals surface area contributed by atoms with Gasteiger partial charge in [0, 0.05) is 19.6 Å². The van der Waals surface area contributed by atoms with E-state index < -0.39 is 16.1 Å². The molecule has 0 N–H and O–H groups in total. The minimum atomic E-state index is -3.78. The second-order valence-electron chi connectivity index (χ2n) is 9.26. The molecule has 1 aliphatic heterocycles. The number of hydrogen-bond donors (Lipinski definition) is 0. The first-order chi connectivity index (χ1) is 17.3. The number of anilines is 1. The van der Waals surface area contributed by atoms with Crippen LogP contribution >= 0.6 is 11.3 Å². The second-order valence-corrected chi connectivity index (χ2v) is 12.2. The number of sulfonamides is 1. The van der Waals surface area contributed by atoms with Gasteiger partial charge in [0.2, 0.25) is 15.9 Å². The molecule has 0 saturated carbocycles. The standard InChI is InChI=1S/C27H36N4O3S2/c1-5-21-12-15-23-25(19-21)35-27(28-23)30(18-17-29(6-2)7-3)26(32)24-9-8-16-31(24)36(33,34)22-13-10-20(4)11-14-22/h10-15,19,24H,5-9,16-18H2,1-4H3. The van der Waals surface area contributed by atoms with Crippen LogP contribution in [0.3, 0.4) is 0 Å². The van der Waals surface area contributed by atoms with Crippen LogP contribution in [0.5, 0.6) is 0 Å². The smallest absolute Gasteiger partial charge is 0.247 e. The van der Waals surface area contributed by atoms with Gasteiger partial charge in [-0.25, -0.2) is 13.4 Å². The molecule has 194 valence electrons. The van der Waals surface area contributed by atoms with Gasteiger partial charge in [0.05, 0.1) is 15.1 Å². The number of fused-ring (bicyclic) bond motifs is 1. The molecule has 0 radical (unpaired) electrons. The van der Waals surface area contributed by atoms with Gasteiger partial charge in [-0.15, -0.1) is 0 Å². The first-order valence-electron chi connectivity index (χ1n) is 12.8. The van der Waals surface area contributed by atoms with Crippen molar-refractivity contribution < 1.29 is 13.2 Å². The molecule has 1 aromatic heterocycles. The average Bonchev–Trinajstić information content (AvgIpc) is 3.54. The summed E-state index contributed by atoms with van der Waals surface area (Å²) >= 11 is 1.50. The van der Waals surface area contributed by atoms with Crippen LogP contribution in [0.25, 0.3) is 10.2 Å². The molecule has 1 atom stereocenters. The zero-order chi connectivity index (χ0) is 25.9. The normalized spacial score (nSPS) is 16.8. The molecule has 0 aliphatic carbocycles. The van der Waals surface area contributed by atoms with Crippen molar-refractivity contribution in [2.24, 2.45) is 0 Å². The van der Waals surface area contributed by atoms with E-state index in [0.717, 1.165) is 35.3 Å². The van der Waals surface area contributed by atoms with Crippen molar-refractivity contribution in [3.05, 3.63) is 53.6 Å². The molecule has 1 saturated heterocycles. The van der Waals surface area contributed by atoms with Crippen LogP contribution in [0.4, 0.5) is 5.13 Å². The van der Waals surface area contributed by atoms with Gasteiger partial charge in [0.25, 0.3) is 0 Å². The summed E-state index contributed by atoms with van der Waals surface area (Å²) < 4.78 is 29.5. The first kappa shape index (κ1) is 26.7. The average molecular weight is 529 g/mol. The lowest BCUT2D eigenvalue weighted by atomic mass is 10.2. The van der Waals surface area contributed by atoms with Crippen molar-refractivity contribution in [3.63, 3.8) is 0 Å². The molecule has 1 unspecified atom stereocenters. The third-order valence-corrected chi connectivity index (χ3v) is 9.96. The minimum absolute atomic E-state index is 0.190. The number of benzene rings is 2. The highest BCUT2D eigenvalue weighted by Gasteiger charge is 2.42. The molecule has 0 spiro atoms. The topological polar surface area (TPSA) is 73.8 Å². The van der Waals surface area contributed by atoms with E-state index in [9.17, 15) is 13.2 Å². The molecule has 4 rings (SSSR count). The zero-order valence-corrected chi connectivity index (χ0v) is 23.2. The van der Waals surface area contributed by atoms with E-state index in [-0.39, 0.29) is 10.8 Å². The summed E-state index contributed by atoms with van der Waals surface area (Å²) in [6, 6.07) is 12.3. The lowest BCUT2D eigenvalue weighted by Gasteiger charge is -2.30. The van der Waals surface area contributed by atoms with Crippen molar-refractivity contribution in [1.82, 2.24) is 14.2 Å². The quantitative estimate of drug-likeness (QED) is 0.382. The SMILES string of the molecule is CCc1ccc2nc(N(CCN(CC)CC)C(=O)C3CCCN3S(=O)(=O)c3ccc(C)cc3)sc2c1. The first-order valence-corrected chi connectivity index (χ1v) is 15.1. The Morgan fingerprint density at radius 2 is 1.81 bits per heavy atom. The molecule has 9 heteroatoms. The van der Waals surface area contributed by atoms with Gasteiger partial charge in [-0.1, -0.05) is 55.9 Å². The van der Waals surface area contributed by atoms with Crippen molar-refractivity contribution in [2.45, 2.75) is 57.9 Å². The van der Waals surface area contributed by atoms with E-state index in [1.165, 1.54) is 21.2 Å². The predicted molar refractivity (Wildman–Crippen MR) is 147 cm³/mol. The number of thiazole rings is 1. The van der Waals surface area contributed by atoms with E-state index in [2.05, 4.69) is 37.8 Å². The highest BCUT2D eigenvalue weighted by Crippen LogP contribution is 2.33. The summed E-state index contributed by atoms with van der Waals surface area (Å²) in [5, 5.41) is 0.634. The van der Waals surface area contributed by atoms with Crippen molar-refractivity contribution in [3.8, 4) is 0 Å². The lowest BCUT2D eigenvalue weighted by Crippen LogP contribution is -2.49.